The molecule has 0 atom stereocenters. The minimum absolute atomic E-state index is 0.0168. The lowest BCUT2D eigenvalue weighted by Gasteiger charge is -2.34. The van der Waals surface area contributed by atoms with Gasteiger partial charge in [-0.25, -0.2) is 19.3 Å². The summed E-state index contributed by atoms with van der Waals surface area (Å²) in [7, 11) is 1.75. The number of benzene rings is 1. The summed E-state index contributed by atoms with van der Waals surface area (Å²) >= 11 is 0. The summed E-state index contributed by atoms with van der Waals surface area (Å²) in [6, 6.07) is 6.10. The number of imidazole rings is 1. The van der Waals surface area contributed by atoms with Crippen LogP contribution < -0.4 is 5.73 Å². The standard InChI is InChI=1S/C21H21FN6O2/c1-13(29)28-10-8-21(30,9-11-28)7-6-16-24-18(23)17-20(25-16)27(2)19(26-17)14-4-3-5-15(22)12-14/h3-5,12,30H,8-11H2,1-2H3,(H2,23,24,25). The summed E-state index contributed by atoms with van der Waals surface area (Å²) < 4.78 is 15.3. The van der Waals surface area contributed by atoms with Crippen molar-refractivity contribution in [1.29, 1.82) is 0 Å². The van der Waals surface area contributed by atoms with Crippen LogP contribution in [-0.4, -0.2) is 54.1 Å². The number of likely N-dealkylation sites (tertiary alicyclic amines) is 1. The van der Waals surface area contributed by atoms with Crippen molar-refractivity contribution in [3.8, 4) is 23.2 Å². The lowest BCUT2D eigenvalue weighted by molar-refractivity contribution is -0.131. The average molecular weight is 408 g/mol. The Balaban J connectivity index is 1.67. The number of nitrogen functional groups attached to an aromatic ring is 1. The molecule has 0 unspecified atom stereocenters. The van der Waals surface area contributed by atoms with Crippen LogP contribution in [0.1, 0.15) is 25.6 Å². The molecule has 1 aromatic carbocycles. The van der Waals surface area contributed by atoms with E-state index in [0.717, 1.165) is 0 Å². The van der Waals surface area contributed by atoms with Crippen LogP contribution in [0, 0.1) is 17.7 Å². The molecule has 3 aromatic rings. The van der Waals surface area contributed by atoms with Gasteiger partial charge in [0.05, 0.1) is 0 Å². The van der Waals surface area contributed by atoms with E-state index in [1.807, 2.05) is 0 Å². The molecule has 3 N–H and O–H groups in total. The number of nitrogens with two attached hydrogens (primary N) is 1. The van der Waals surface area contributed by atoms with Gasteiger partial charge in [-0.2, -0.15) is 0 Å². The van der Waals surface area contributed by atoms with Gasteiger partial charge in [-0.15, -0.1) is 0 Å². The van der Waals surface area contributed by atoms with Crippen LogP contribution in [-0.2, 0) is 11.8 Å². The Morgan fingerprint density at radius 2 is 2.00 bits per heavy atom. The minimum atomic E-state index is -1.21. The van der Waals surface area contributed by atoms with E-state index in [1.54, 1.807) is 28.6 Å². The van der Waals surface area contributed by atoms with Gasteiger partial charge in [-0.1, -0.05) is 18.1 Å². The van der Waals surface area contributed by atoms with Crippen LogP contribution in [0.25, 0.3) is 22.6 Å². The lowest BCUT2D eigenvalue weighted by atomic mass is 9.92. The molecule has 0 bridgehead atoms. The molecular formula is C21H21FN6O2. The predicted octanol–water partition coefficient (Wildman–Crippen LogP) is 1.48. The van der Waals surface area contributed by atoms with Gasteiger partial charge in [0.25, 0.3) is 0 Å². The molecule has 9 heteroatoms. The number of aryl methyl sites for hydroxylation is 1. The van der Waals surface area contributed by atoms with Crippen LogP contribution in [0.3, 0.4) is 0 Å². The molecule has 0 radical (unpaired) electrons. The number of hydrogen-bond acceptors (Lipinski definition) is 6. The van der Waals surface area contributed by atoms with Crippen LogP contribution in [0.2, 0.25) is 0 Å². The van der Waals surface area contributed by atoms with E-state index < -0.39 is 5.60 Å². The molecule has 1 amide bonds. The SMILES string of the molecule is CC(=O)N1CCC(O)(C#Cc2nc(N)c3nc(-c4cccc(F)c4)n(C)c3n2)CC1. The molecule has 0 saturated carbocycles. The molecule has 0 aliphatic carbocycles. The summed E-state index contributed by atoms with van der Waals surface area (Å²) in [4.78, 5) is 26.2. The molecule has 4 rings (SSSR count). The number of nitrogens with zero attached hydrogens (tertiary/aromatic N) is 5. The van der Waals surface area contributed by atoms with Crippen LogP contribution in [0.15, 0.2) is 24.3 Å². The van der Waals surface area contributed by atoms with Crippen molar-refractivity contribution in [2.75, 3.05) is 18.8 Å². The summed E-state index contributed by atoms with van der Waals surface area (Å²) in [6.45, 7) is 2.40. The highest BCUT2D eigenvalue weighted by atomic mass is 19.1. The van der Waals surface area contributed by atoms with Gasteiger partial charge in [0, 0.05) is 45.5 Å². The third kappa shape index (κ3) is 3.69. The van der Waals surface area contributed by atoms with Gasteiger partial charge < -0.3 is 20.3 Å². The van der Waals surface area contributed by atoms with Crippen molar-refractivity contribution >= 4 is 22.9 Å². The van der Waals surface area contributed by atoms with Crippen molar-refractivity contribution in [1.82, 2.24) is 24.4 Å². The van der Waals surface area contributed by atoms with E-state index >= 15 is 0 Å². The van der Waals surface area contributed by atoms with Crippen molar-refractivity contribution < 1.29 is 14.3 Å². The summed E-state index contributed by atoms with van der Waals surface area (Å²) in [6.07, 6.45) is 0.708. The number of carbonyl (C=O) groups is 1. The molecule has 0 spiro atoms. The number of aromatic nitrogens is 4. The molecule has 8 nitrogen and oxygen atoms in total. The van der Waals surface area contributed by atoms with E-state index in [0.29, 0.717) is 48.5 Å². The zero-order valence-electron chi connectivity index (χ0n) is 16.7. The van der Waals surface area contributed by atoms with Crippen LogP contribution in [0.4, 0.5) is 10.2 Å². The number of anilines is 1. The fraction of sp³-hybridized carbons (Fsp3) is 0.333. The van der Waals surface area contributed by atoms with Crippen molar-refractivity contribution in [3.05, 3.63) is 35.9 Å². The van der Waals surface area contributed by atoms with E-state index in [4.69, 9.17) is 5.73 Å². The molecule has 1 aliphatic heterocycles. The largest absolute Gasteiger partial charge is 0.382 e. The molecule has 30 heavy (non-hydrogen) atoms. The Morgan fingerprint density at radius 3 is 2.67 bits per heavy atom. The summed E-state index contributed by atoms with van der Waals surface area (Å²) in [5, 5.41) is 10.7. The number of hydrogen-bond donors (Lipinski definition) is 2. The van der Waals surface area contributed by atoms with Gasteiger partial charge in [0.2, 0.25) is 11.7 Å². The number of aliphatic hydroxyl groups is 1. The van der Waals surface area contributed by atoms with Crippen molar-refractivity contribution in [2.45, 2.75) is 25.4 Å². The zero-order valence-corrected chi connectivity index (χ0v) is 16.7. The van der Waals surface area contributed by atoms with Gasteiger partial charge in [-0.3, -0.25) is 4.79 Å². The first kappa shape index (κ1) is 19.8. The maximum Gasteiger partial charge on any atom is 0.219 e. The fourth-order valence-electron chi connectivity index (χ4n) is 3.51. The molecule has 2 aromatic heterocycles. The van der Waals surface area contributed by atoms with E-state index in [-0.39, 0.29) is 23.4 Å². The summed E-state index contributed by atoms with van der Waals surface area (Å²) in [5.74, 6) is 6.09. The highest BCUT2D eigenvalue weighted by molar-refractivity contribution is 5.85. The Hall–Kier alpha value is -3.51. The number of halogens is 1. The molecular weight excluding hydrogens is 387 g/mol. The Labute approximate surface area is 172 Å². The van der Waals surface area contributed by atoms with Crippen LogP contribution in [0.5, 0.6) is 0 Å². The number of rotatable bonds is 1. The molecule has 3 heterocycles. The molecule has 1 aliphatic rings. The first-order chi connectivity index (χ1) is 14.3. The van der Waals surface area contributed by atoms with Gasteiger partial charge in [0.1, 0.15) is 17.2 Å². The number of piperidine rings is 1. The topological polar surface area (TPSA) is 110 Å². The third-order valence-corrected chi connectivity index (χ3v) is 5.27. The number of amides is 1. The van der Waals surface area contributed by atoms with E-state index in [9.17, 15) is 14.3 Å². The van der Waals surface area contributed by atoms with Gasteiger partial charge >= 0.3 is 0 Å². The first-order valence-corrected chi connectivity index (χ1v) is 9.53. The molecule has 1 saturated heterocycles. The highest BCUT2D eigenvalue weighted by Gasteiger charge is 2.31. The Bertz CT molecular complexity index is 1200. The second-order valence-corrected chi connectivity index (χ2v) is 7.40. The van der Waals surface area contributed by atoms with E-state index in [2.05, 4.69) is 26.8 Å². The van der Waals surface area contributed by atoms with Crippen molar-refractivity contribution in [2.24, 2.45) is 7.05 Å². The number of fused-ring (bicyclic) bond motifs is 1. The molecule has 154 valence electrons. The van der Waals surface area contributed by atoms with Gasteiger partial charge in [0.15, 0.2) is 17.0 Å². The van der Waals surface area contributed by atoms with Crippen LogP contribution >= 0.6 is 0 Å². The Kier molecular flexibility index (Phi) is 4.87. The maximum absolute atomic E-state index is 13.6. The predicted molar refractivity (Wildman–Crippen MR) is 109 cm³/mol. The second kappa shape index (κ2) is 7.39. The normalized spacial score (nSPS) is 15.7. The van der Waals surface area contributed by atoms with Crippen molar-refractivity contribution in [3.63, 3.8) is 0 Å². The third-order valence-electron chi connectivity index (χ3n) is 5.27. The average Bonchev–Trinajstić information content (AvgIpc) is 3.04. The second-order valence-electron chi connectivity index (χ2n) is 7.40. The number of carbonyl (C=O) groups excluding carboxylic acids is 1. The quantitative estimate of drug-likeness (QED) is 0.590. The lowest BCUT2D eigenvalue weighted by Crippen LogP contribution is -2.45. The monoisotopic (exact) mass is 408 g/mol. The minimum Gasteiger partial charge on any atom is -0.382 e. The first-order valence-electron chi connectivity index (χ1n) is 9.53. The molecule has 1 fully saturated rings. The highest BCUT2D eigenvalue weighted by Crippen LogP contribution is 2.26. The smallest absolute Gasteiger partial charge is 0.219 e. The Morgan fingerprint density at radius 1 is 1.27 bits per heavy atom. The summed E-state index contributed by atoms with van der Waals surface area (Å²) in [5.41, 5.74) is 6.31. The maximum atomic E-state index is 13.6. The fourth-order valence-corrected chi connectivity index (χ4v) is 3.51. The zero-order chi connectivity index (χ0) is 21.5. The van der Waals surface area contributed by atoms with Gasteiger partial charge in [-0.05, 0) is 18.1 Å². The van der Waals surface area contributed by atoms with E-state index in [1.165, 1.54) is 19.1 Å².